The van der Waals surface area contributed by atoms with Crippen LogP contribution in [-0.4, -0.2) is 39.7 Å². The van der Waals surface area contributed by atoms with Crippen LogP contribution in [0.2, 0.25) is 5.02 Å². The van der Waals surface area contributed by atoms with E-state index >= 15 is 0 Å². The first-order chi connectivity index (χ1) is 13.3. The Kier molecular flexibility index (Phi) is 5.25. The maximum Gasteiger partial charge on any atom is 0.229 e. The third-order valence-electron chi connectivity index (χ3n) is 5.61. The van der Waals surface area contributed by atoms with E-state index < -0.39 is 10.0 Å². The van der Waals surface area contributed by atoms with Crippen molar-refractivity contribution in [2.75, 3.05) is 31.1 Å². The summed E-state index contributed by atoms with van der Waals surface area (Å²) < 4.78 is 24.5. The number of benzene rings is 2. The van der Waals surface area contributed by atoms with Crippen LogP contribution in [0, 0.1) is 0 Å². The summed E-state index contributed by atoms with van der Waals surface area (Å²) in [4.78, 5) is 2.32. The van der Waals surface area contributed by atoms with Crippen molar-refractivity contribution in [2.45, 2.75) is 24.7 Å². The number of hydrogen-bond acceptors (Lipinski definition) is 3. The van der Waals surface area contributed by atoms with Crippen LogP contribution in [0.4, 0.5) is 5.69 Å². The Balaban J connectivity index is 0.000000137. The number of nitrogens with zero attached hydrogens (tertiary/aromatic N) is 1. The molecule has 6 heteroatoms. The molecule has 1 N–H and O–H groups in total. The lowest BCUT2D eigenvalue weighted by molar-refractivity contribution is 0.370. The minimum absolute atomic E-state index is 0.691. The van der Waals surface area contributed by atoms with Gasteiger partial charge in [0.15, 0.2) is 0 Å². The number of sulfonamides is 1. The first-order valence-electron chi connectivity index (χ1n) is 9.55. The van der Waals surface area contributed by atoms with E-state index in [-0.39, 0.29) is 0 Å². The average Bonchev–Trinajstić information content (AvgIpc) is 3.36. The molecule has 2 aromatic carbocycles. The third kappa shape index (κ3) is 4.43. The van der Waals surface area contributed by atoms with Gasteiger partial charge in [0, 0.05) is 23.8 Å². The summed E-state index contributed by atoms with van der Waals surface area (Å²) in [5, 5.41) is 0.808. The number of fused-ring (bicyclic) bond motifs is 4. The Morgan fingerprint density at radius 2 is 1.79 bits per heavy atom. The highest BCUT2D eigenvalue weighted by Crippen LogP contribution is 2.66. The zero-order valence-corrected chi connectivity index (χ0v) is 17.7. The molecule has 148 valence electrons. The molecule has 1 aliphatic heterocycles. The zero-order valence-electron chi connectivity index (χ0n) is 16.2. The van der Waals surface area contributed by atoms with E-state index in [9.17, 15) is 8.42 Å². The Morgan fingerprint density at radius 3 is 2.43 bits per heavy atom. The van der Waals surface area contributed by atoms with Gasteiger partial charge in [0.2, 0.25) is 10.0 Å². The fourth-order valence-electron chi connectivity index (χ4n) is 3.99. The van der Waals surface area contributed by atoms with Crippen LogP contribution in [0.5, 0.6) is 0 Å². The van der Waals surface area contributed by atoms with Gasteiger partial charge in [-0.15, -0.1) is 0 Å². The highest BCUT2D eigenvalue weighted by molar-refractivity contribution is 7.92. The van der Waals surface area contributed by atoms with Gasteiger partial charge in [0.05, 0.1) is 6.26 Å². The van der Waals surface area contributed by atoms with Crippen molar-refractivity contribution in [3.63, 3.8) is 0 Å². The van der Waals surface area contributed by atoms with Gasteiger partial charge in [-0.25, -0.2) is 8.42 Å². The van der Waals surface area contributed by atoms with Gasteiger partial charge in [0.25, 0.3) is 0 Å². The Labute approximate surface area is 172 Å². The number of likely N-dealkylation sites (N-methyl/N-ethyl adjacent to an activating group) is 1. The predicted molar refractivity (Wildman–Crippen MR) is 117 cm³/mol. The lowest BCUT2D eigenvalue weighted by atomic mass is 9.88. The standard InChI is InChI=1S/C12H14ClN.C10H11NO2S/c1-14-8-6-11(7-9-14)10-2-4-12(13)5-3-10;1-14(12,13)11-6-2-3-7-8(4-6)10-5-9(7)10/h2-6H,7-9H2,1H3;2-4,9-11H,5H2,1H3. The van der Waals surface area contributed by atoms with Gasteiger partial charge in [-0.1, -0.05) is 35.9 Å². The SMILES string of the molecule is CN1CC=C(c2ccc(Cl)cc2)CC1.CS(=O)(=O)Nc1ccc2c(c1)C1CC21. The van der Waals surface area contributed by atoms with Crippen molar-refractivity contribution in [3.05, 3.63) is 70.3 Å². The second-order valence-corrected chi connectivity index (χ2v) is 10.1. The lowest BCUT2D eigenvalue weighted by Crippen LogP contribution is -2.23. The quantitative estimate of drug-likeness (QED) is 0.788. The minimum Gasteiger partial charge on any atom is -0.302 e. The van der Waals surface area contributed by atoms with E-state index in [4.69, 9.17) is 11.6 Å². The van der Waals surface area contributed by atoms with Gasteiger partial charge >= 0.3 is 0 Å². The molecule has 0 aromatic heterocycles. The van der Waals surface area contributed by atoms with Crippen molar-refractivity contribution in [2.24, 2.45) is 0 Å². The monoisotopic (exact) mass is 416 g/mol. The van der Waals surface area contributed by atoms with Crippen LogP contribution in [0.3, 0.4) is 0 Å². The number of anilines is 1. The molecule has 2 unspecified atom stereocenters. The Bertz CT molecular complexity index is 1020. The number of nitrogens with one attached hydrogen (secondary N) is 1. The molecule has 3 aliphatic rings. The van der Waals surface area contributed by atoms with Gasteiger partial charge in [-0.05, 0) is 78.3 Å². The fraction of sp³-hybridized carbons (Fsp3) is 0.364. The lowest BCUT2D eigenvalue weighted by Gasteiger charge is -2.22. The first-order valence-corrected chi connectivity index (χ1v) is 11.8. The average molecular weight is 417 g/mol. The van der Waals surface area contributed by atoms with Crippen molar-refractivity contribution >= 4 is 32.9 Å². The molecule has 0 radical (unpaired) electrons. The maximum atomic E-state index is 11.0. The second kappa shape index (κ2) is 7.54. The smallest absolute Gasteiger partial charge is 0.229 e. The number of halogens is 1. The summed E-state index contributed by atoms with van der Waals surface area (Å²) in [6, 6.07) is 13.9. The number of rotatable bonds is 3. The van der Waals surface area contributed by atoms with Crippen LogP contribution < -0.4 is 4.72 Å². The van der Waals surface area contributed by atoms with Crippen LogP contribution in [0.1, 0.15) is 41.4 Å². The normalized spacial score (nSPS) is 22.6. The molecule has 0 bridgehead atoms. The van der Waals surface area contributed by atoms with Gasteiger partial charge in [-0.2, -0.15) is 0 Å². The Morgan fingerprint density at radius 1 is 1.07 bits per heavy atom. The van der Waals surface area contributed by atoms with Crippen LogP contribution in [0.15, 0.2) is 48.5 Å². The predicted octanol–water partition coefficient (Wildman–Crippen LogP) is 4.70. The molecule has 0 spiro atoms. The highest BCUT2D eigenvalue weighted by Gasteiger charge is 2.50. The van der Waals surface area contributed by atoms with E-state index in [0.717, 1.165) is 36.4 Å². The summed E-state index contributed by atoms with van der Waals surface area (Å²) in [7, 11) is -0.989. The van der Waals surface area contributed by atoms with Gasteiger partial charge in [0.1, 0.15) is 0 Å². The summed E-state index contributed by atoms with van der Waals surface area (Å²) in [6.45, 7) is 2.20. The molecule has 2 aliphatic carbocycles. The first kappa shape index (κ1) is 19.5. The third-order valence-corrected chi connectivity index (χ3v) is 6.47. The highest BCUT2D eigenvalue weighted by atomic mass is 35.5. The maximum absolute atomic E-state index is 11.0. The summed E-state index contributed by atoms with van der Waals surface area (Å²) in [5.74, 6) is 1.52. The van der Waals surface area contributed by atoms with Crippen molar-refractivity contribution in [1.82, 2.24) is 4.90 Å². The molecule has 5 rings (SSSR count). The van der Waals surface area contributed by atoms with E-state index in [1.165, 1.54) is 34.9 Å². The largest absolute Gasteiger partial charge is 0.302 e. The topological polar surface area (TPSA) is 49.4 Å². The Hall–Kier alpha value is -1.82. The molecule has 0 amide bonds. The van der Waals surface area contributed by atoms with Crippen molar-refractivity contribution in [3.8, 4) is 0 Å². The summed E-state index contributed by atoms with van der Waals surface area (Å²) in [5.41, 5.74) is 6.19. The van der Waals surface area contributed by atoms with Gasteiger partial charge in [-0.3, -0.25) is 4.72 Å². The molecular weight excluding hydrogens is 392 g/mol. The minimum atomic E-state index is -3.14. The van der Waals surface area contributed by atoms with Crippen LogP contribution in [0.25, 0.3) is 5.57 Å². The molecule has 1 saturated carbocycles. The van der Waals surface area contributed by atoms with Crippen LogP contribution >= 0.6 is 11.6 Å². The molecule has 28 heavy (non-hydrogen) atoms. The molecule has 4 nitrogen and oxygen atoms in total. The van der Waals surface area contributed by atoms with E-state index in [2.05, 4.69) is 34.9 Å². The summed E-state index contributed by atoms with van der Waals surface area (Å²) in [6.07, 6.45) is 5.87. The molecule has 2 aromatic rings. The van der Waals surface area contributed by atoms with Crippen LogP contribution in [-0.2, 0) is 10.0 Å². The van der Waals surface area contributed by atoms with Crippen molar-refractivity contribution in [1.29, 1.82) is 0 Å². The van der Waals surface area contributed by atoms with E-state index in [1.807, 2.05) is 30.3 Å². The summed E-state index contributed by atoms with van der Waals surface area (Å²) >= 11 is 5.85. The second-order valence-electron chi connectivity index (χ2n) is 7.92. The zero-order chi connectivity index (χ0) is 19.9. The van der Waals surface area contributed by atoms with Crippen molar-refractivity contribution < 1.29 is 8.42 Å². The fourth-order valence-corrected chi connectivity index (χ4v) is 4.68. The molecular formula is C22H25ClN2O2S. The molecule has 2 atom stereocenters. The number of hydrogen-bond donors (Lipinski definition) is 1. The van der Waals surface area contributed by atoms with E-state index in [0.29, 0.717) is 5.69 Å². The molecule has 1 heterocycles. The molecule has 1 fully saturated rings. The van der Waals surface area contributed by atoms with Gasteiger partial charge < -0.3 is 4.90 Å². The van der Waals surface area contributed by atoms with E-state index in [1.54, 1.807) is 0 Å². The molecule has 0 saturated heterocycles.